The fourth-order valence-corrected chi connectivity index (χ4v) is 2.09. The van der Waals surface area contributed by atoms with E-state index >= 15 is 0 Å². The van der Waals surface area contributed by atoms with E-state index in [0.29, 0.717) is 5.52 Å². The number of benzene rings is 1. The number of ether oxygens (including phenoxy) is 1. The largest absolute Gasteiger partial charge is 0.459 e. The fraction of sp³-hybridized carbons (Fsp3) is 0.231. The first-order valence-electron chi connectivity index (χ1n) is 6.21. The van der Waals surface area contributed by atoms with Crippen molar-refractivity contribution in [3.8, 4) is 0 Å². The first kappa shape index (κ1) is 14.2. The summed E-state index contributed by atoms with van der Waals surface area (Å²) in [5.74, 6) is -0.622. The molecule has 22 heavy (non-hydrogen) atoms. The molecule has 6 nitrogen and oxygen atoms in total. The van der Waals surface area contributed by atoms with Gasteiger partial charge in [-0.05, 0) is 12.1 Å². The van der Waals surface area contributed by atoms with E-state index in [2.05, 4.69) is 15.3 Å². The second kappa shape index (κ2) is 4.93. The van der Waals surface area contributed by atoms with Gasteiger partial charge in [-0.3, -0.25) is 4.79 Å². The molecule has 0 bridgehead atoms. The number of hydrogen-bond donors (Lipinski definition) is 0. The van der Waals surface area contributed by atoms with Crippen molar-refractivity contribution in [1.82, 2.24) is 19.8 Å². The smallest absolute Gasteiger partial charge is 0.435 e. The van der Waals surface area contributed by atoms with Gasteiger partial charge in [-0.15, -0.1) is 5.10 Å². The molecule has 0 spiro atoms. The van der Waals surface area contributed by atoms with Crippen molar-refractivity contribution >= 4 is 22.5 Å². The average molecular weight is 310 g/mol. The molecular weight excluding hydrogens is 301 g/mol. The number of aromatic nitrogens is 4. The summed E-state index contributed by atoms with van der Waals surface area (Å²) in [4.78, 5) is 14.5. The maximum atomic E-state index is 13.3. The molecule has 114 valence electrons. The lowest BCUT2D eigenvalue weighted by atomic mass is 10.2. The van der Waals surface area contributed by atoms with Crippen LogP contribution >= 0.6 is 0 Å². The highest BCUT2D eigenvalue weighted by Crippen LogP contribution is 2.33. The third-order valence-corrected chi connectivity index (χ3v) is 2.99. The number of alkyl halides is 3. The molecule has 0 aliphatic heterocycles. The summed E-state index contributed by atoms with van der Waals surface area (Å²) < 4.78 is 45.6. The molecule has 3 aromatic rings. The van der Waals surface area contributed by atoms with Crippen molar-refractivity contribution in [1.29, 1.82) is 0 Å². The van der Waals surface area contributed by atoms with E-state index < -0.39 is 24.4 Å². The third kappa shape index (κ3) is 2.34. The topological polar surface area (TPSA) is 69.4 Å². The van der Waals surface area contributed by atoms with Crippen LogP contribution in [-0.2, 0) is 22.3 Å². The number of carbonyl (C=O) groups excluding carboxylic acids is 1. The lowest BCUT2D eigenvalue weighted by Crippen LogP contribution is -2.12. The Kier molecular flexibility index (Phi) is 3.19. The summed E-state index contributed by atoms with van der Waals surface area (Å²) in [6.07, 6.45) is -4.68. The number of hydrogen-bond acceptors (Lipinski definition) is 5. The lowest BCUT2D eigenvalue weighted by Gasteiger charge is -2.10. The van der Waals surface area contributed by atoms with Gasteiger partial charge in [0.15, 0.2) is 5.69 Å². The van der Waals surface area contributed by atoms with Gasteiger partial charge in [0.1, 0.15) is 17.8 Å². The maximum absolute atomic E-state index is 13.3. The van der Waals surface area contributed by atoms with Crippen molar-refractivity contribution in [2.24, 2.45) is 0 Å². The van der Waals surface area contributed by atoms with Gasteiger partial charge in [0.2, 0.25) is 0 Å². The molecule has 0 unspecified atom stereocenters. The van der Waals surface area contributed by atoms with Gasteiger partial charge >= 0.3 is 12.1 Å². The van der Waals surface area contributed by atoms with E-state index in [1.54, 1.807) is 18.2 Å². The first-order chi connectivity index (χ1) is 10.4. The van der Waals surface area contributed by atoms with Crippen LogP contribution in [0.25, 0.3) is 16.6 Å². The summed E-state index contributed by atoms with van der Waals surface area (Å²) in [5, 5.41) is 7.42. The highest BCUT2D eigenvalue weighted by Gasteiger charge is 2.37. The molecule has 0 saturated carbocycles. The Morgan fingerprint density at radius 2 is 2.05 bits per heavy atom. The summed E-state index contributed by atoms with van der Waals surface area (Å²) in [5.41, 5.74) is -0.995. The number of rotatable bonds is 2. The fourth-order valence-electron chi connectivity index (χ4n) is 2.09. The number of carbonyl (C=O) groups is 1. The Morgan fingerprint density at radius 3 is 2.73 bits per heavy atom. The van der Waals surface area contributed by atoms with Gasteiger partial charge in [0.25, 0.3) is 0 Å². The summed E-state index contributed by atoms with van der Waals surface area (Å²) >= 11 is 0. The minimum absolute atomic E-state index is 0.0965. The molecule has 2 aromatic heterocycles. The molecule has 9 heteroatoms. The highest BCUT2D eigenvalue weighted by molar-refractivity contribution is 5.79. The number of esters is 1. The second-order valence-electron chi connectivity index (χ2n) is 4.52. The van der Waals surface area contributed by atoms with Crippen molar-refractivity contribution in [2.45, 2.75) is 19.7 Å². The predicted octanol–water partition coefficient (Wildman–Crippen LogP) is 2.36. The third-order valence-electron chi connectivity index (χ3n) is 2.99. The molecule has 0 amide bonds. The molecule has 2 heterocycles. The predicted molar refractivity (Wildman–Crippen MR) is 68.8 cm³/mol. The number of nitrogens with zero attached hydrogens (tertiary/aromatic N) is 4. The Morgan fingerprint density at radius 1 is 1.32 bits per heavy atom. The molecule has 1 aromatic carbocycles. The summed E-state index contributed by atoms with van der Waals surface area (Å²) in [7, 11) is 0. The van der Waals surface area contributed by atoms with Crippen LogP contribution in [0.1, 0.15) is 18.3 Å². The van der Waals surface area contributed by atoms with Crippen LogP contribution in [0.3, 0.4) is 0 Å². The zero-order valence-electron chi connectivity index (χ0n) is 11.3. The van der Waals surface area contributed by atoms with E-state index in [4.69, 9.17) is 4.74 Å². The van der Waals surface area contributed by atoms with Crippen molar-refractivity contribution in [2.75, 3.05) is 0 Å². The van der Waals surface area contributed by atoms with Crippen LogP contribution in [0.2, 0.25) is 0 Å². The van der Waals surface area contributed by atoms with E-state index in [9.17, 15) is 18.0 Å². The highest BCUT2D eigenvalue weighted by atomic mass is 19.4. The normalized spacial score (nSPS) is 12.0. The molecule has 0 fully saturated rings. The zero-order chi connectivity index (χ0) is 15.9. The van der Waals surface area contributed by atoms with Crippen molar-refractivity contribution in [3.05, 3.63) is 35.7 Å². The van der Waals surface area contributed by atoms with Crippen LogP contribution < -0.4 is 0 Å². The molecule has 0 aliphatic rings. The van der Waals surface area contributed by atoms with Crippen LogP contribution in [0.15, 0.2) is 24.3 Å². The number of para-hydroxylation sites is 2. The van der Waals surface area contributed by atoms with Gasteiger partial charge in [0, 0.05) is 6.92 Å². The lowest BCUT2D eigenvalue weighted by molar-refractivity contribution is -0.142. The minimum atomic E-state index is -4.68. The molecular formula is C13H9F3N4O2. The van der Waals surface area contributed by atoms with Crippen LogP contribution in [0, 0.1) is 0 Å². The maximum Gasteiger partial charge on any atom is 0.435 e. The standard InChI is InChI=1S/C13H9F3N4O2/c1-7(21)22-6-9-11-12(13(14,15)16)17-8-4-2-3-5-10(8)20(11)19-18-9/h2-5H,6H2,1H3. The first-order valence-corrected chi connectivity index (χ1v) is 6.21. The molecule has 0 radical (unpaired) electrons. The van der Waals surface area contributed by atoms with E-state index in [1.807, 2.05) is 0 Å². The van der Waals surface area contributed by atoms with Crippen molar-refractivity contribution in [3.63, 3.8) is 0 Å². The van der Waals surface area contributed by atoms with E-state index in [0.717, 1.165) is 11.4 Å². The second-order valence-corrected chi connectivity index (χ2v) is 4.52. The van der Waals surface area contributed by atoms with Gasteiger partial charge in [-0.1, -0.05) is 17.3 Å². The van der Waals surface area contributed by atoms with Gasteiger partial charge in [-0.25, -0.2) is 9.50 Å². The monoisotopic (exact) mass is 310 g/mol. The van der Waals surface area contributed by atoms with Gasteiger partial charge in [0.05, 0.1) is 11.0 Å². The van der Waals surface area contributed by atoms with E-state index in [1.165, 1.54) is 6.07 Å². The van der Waals surface area contributed by atoms with Crippen LogP contribution in [0.5, 0.6) is 0 Å². The van der Waals surface area contributed by atoms with Gasteiger partial charge < -0.3 is 4.74 Å². The SMILES string of the molecule is CC(=O)OCc1nnn2c1c(C(F)(F)F)nc1ccccc12. The minimum Gasteiger partial charge on any atom is -0.459 e. The Hall–Kier alpha value is -2.71. The average Bonchev–Trinajstić information content (AvgIpc) is 2.87. The Bertz CT molecular complexity index is 873. The molecule has 0 saturated heterocycles. The quantitative estimate of drug-likeness (QED) is 0.680. The molecule has 3 rings (SSSR count). The molecule has 0 atom stereocenters. The molecule has 0 aliphatic carbocycles. The number of halogens is 3. The molecule has 0 N–H and O–H groups in total. The van der Waals surface area contributed by atoms with Gasteiger partial charge in [-0.2, -0.15) is 13.2 Å². The Labute approximate surface area is 121 Å². The van der Waals surface area contributed by atoms with Crippen molar-refractivity contribution < 1.29 is 22.7 Å². The zero-order valence-corrected chi connectivity index (χ0v) is 11.3. The number of fused-ring (bicyclic) bond motifs is 3. The summed E-state index contributed by atoms with van der Waals surface area (Å²) in [6.45, 7) is 0.756. The Balaban J connectivity index is 2.32. The van der Waals surface area contributed by atoms with Crippen LogP contribution in [-0.4, -0.2) is 25.8 Å². The van der Waals surface area contributed by atoms with Crippen LogP contribution in [0.4, 0.5) is 13.2 Å². The van der Waals surface area contributed by atoms with E-state index in [-0.39, 0.29) is 16.7 Å². The summed E-state index contributed by atoms with van der Waals surface area (Å²) in [6, 6.07) is 6.28.